The number of rotatable bonds is 7. The summed E-state index contributed by atoms with van der Waals surface area (Å²) >= 11 is 0. The zero-order valence-electron chi connectivity index (χ0n) is 17.0. The van der Waals surface area contributed by atoms with Crippen LogP contribution >= 0.6 is 0 Å². The van der Waals surface area contributed by atoms with Gasteiger partial charge in [0.25, 0.3) is 0 Å². The molecule has 0 unspecified atom stereocenters. The van der Waals surface area contributed by atoms with Gasteiger partial charge in [-0.3, -0.25) is 0 Å². The Morgan fingerprint density at radius 3 is 2.36 bits per heavy atom. The third kappa shape index (κ3) is 4.67. The van der Waals surface area contributed by atoms with Crippen LogP contribution in [0.25, 0.3) is 0 Å². The predicted molar refractivity (Wildman–Crippen MR) is 111 cm³/mol. The van der Waals surface area contributed by atoms with Crippen molar-refractivity contribution in [2.24, 2.45) is 0 Å². The van der Waals surface area contributed by atoms with E-state index in [4.69, 9.17) is 9.47 Å². The smallest absolute Gasteiger partial charge is 0.244 e. The van der Waals surface area contributed by atoms with Crippen LogP contribution in [0.3, 0.4) is 0 Å². The van der Waals surface area contributed by atoms with Crippen LogP contribution in [0.2, 0.25) is 0 Å². The Hall–Kier alpha value is -2.05. The minimum Gasteiger partial charge on any atom is -0.495 e. The minimum atomic E-state index is -3.71. The van der Waals surface area contributed by atoms with Crippen molar-refractivity contribution in [2.75, 3.05) is 13.7 Å². The molecule has 0 amide bonds. The normalized spacial score (nSPS) is 15.0. The van der Waals surface area contributed by atoms with E-state index in [9.17, 15) is 8.42 Å². The number of methoxy groups -OCH3 is 1. The van der Waals surface area contributed by atoms with Gasteiger partial charge in [0.15, 0.2) is 0 Å². The summed E-state index contributed by atoms with van der Waals surface area (Å²) in [5.41, 5.74) is 4.63. The predicted octanol–water partition coefficient (Wildman–Crippen LogP) is 3.94. The van der Waals surface area contributed by atoms with Gasteiger partial charge in [-0.1, -0.05) is 6.07 Å². The van der Waals surface area contributed by atoms with Crippen LogP contribution in [-0.4, -0.2) is 28.2 Å². The quantitative estimate of drug-likeness (QED) is 0.761. The lowest BCUT2D eigenvalue weighted by atomic mass is 9.92. The fourth-order valence-corrected chi connectivity index (χ4v) is 4.93. The monoisotopic (exact) mass is 403 g/mol. The van der Waals surface area contributed by atoms with Gasteiger partial charge in [-0.05, 0) is 93.0 Å². The molecule has 2 aromatic rings. The van der Waals surface area contributed by atoms with Crippen molar-refractivity contribution in [3.05, 3.63) is 52.6 Å². The molecular weight excluding hydrogens is 374 g/mol. The Morgan fingerprint density at radius 2 is 1.71 bits per heavy atom. The Labute approximate surface area is 168 Å². The SMILES string of the molecule is COc1cc2c(cc1S(=O)(=O)N[C@H](C)COc1ccc(C)c(C)c1)CCCC2. The van der Waals surface area contributed by atoms with Crippen LogP contribution in [-0.2, 0) is 22.9 Å². The fraction of sp³-hybridized carbons (Fsp3) is 0.455. The molecule has 1 N–H and O–H groups in total. The van der Waals surface area contributed by atoms with Gasteiger partial charge in [-0.25, -0.2) is 13.1 Å². The van der Waals surface area contributed by atoms with Crippen LogP contribution in [0.1, 0.15) is 42.0 Å². The molecule has 0 radical (unpaired) electrons. The number of aryl methyl sites for hydroxylation is 4. The van der Waals surface area contributed by atoms with Gasteiger partial charge in [0.2, 0.25) is 10.0 Å². The molecule has 0 saturated heterocycles. The summed E-state index contributed by atoms with van der Waals surface area (Å²) < 4.78 is 39.8. The second-order valence-electron chi connectivity index (χ2n) is 7.56. The lowest BCUT2D eigenvalue weighted by Crippen LogP contribution is -2.37. The first-order valence-corrected chi connectivity index (χ1v) is 11.2. The summed E-state index contributed by atoms with van der Waals surface area (Å²) in [5.74, 6) is 1.14. The maximum absolute atomic E-state index is 13.0. The zero-order chi connectivity index (χ0) is 20.3. The molecule has 1 atom stereocenters. The van der Waals surface area contributed by atoms with E-state index in [2.05, 4.69) is 4.72 Å². The summed E-state index contributed by atoms with van der Waals surface area (Å²) in [4.78, 5) is 0.202. The average molecular weight is 404 g/mol. The number of sulfonamides is 1. The maximum atomic E-state index is 13.0. The van der Waals surface area contributed by atoms with E-state index in [1.807, 2.05) is 38.1 Å². The number of hydrogen-bond acceptors (Lipinski definition) is 4. The number of hydrogen-bond donors (Lipinski definition) is 1. The lowest BCUT2D eigenvalue weighted by Gasteiger charge is -2.21. The van der Waals surface area contributed by atoms with Gasteiger partial charge in [0.1, 0.15) is 23.0 Å². The highest BCUT2D eigenvalue weighted by Crippen LogP contribution is 2.32. The molecule has 3 rings (SSSR count). The summed E-state index contributed by atoms with van der Waals surface area (Å²) in [6.07, 6.45) is 4.10. The molecule has 6 heteroatoms. The Morgan fingerprint density at radius 1 is 1.04 bits per heavy atom. The van der Waals surface area contributed by atoms with Crippen molar-refractivity contribution in [1.29, 1.82) is 0 Å². The topological polar surface area (TPSA) is 64.6 Å². The summed E-state index contributed by atoms with van der Waals surface area (Å²) in [5, 5.41) is 0. The molecule has 0 saturated carbocycles. The van der Waals surface area contributed by atoms with E-state index in [-0.39, 0.29) is 17.5 Å². The van der Waals surface area contributed by atoms with Crippen LogP contribution < -0.4 is 14.2 Å². The number of ether oxygens (including phenoxy) is 2. The molecule has 1 aliphatic rings. The first-order valence-electron chi connectivity index (χ1n) is 9.72. The lowest BCUT2D eigenvalue weighted by molar-refractivity contribution is 0.287. The summed E-state index contributed by atoms with van der Waals surface area (Å²) in [7, 11) is -2.20. The molecule has 0 spiro atoms. The molecule has 1 aliphatic carbocycles. The molecule has 0 fully saturated rings. The molecule has 0 aliphatic heterocycles. The summed E-state index contributed by atoms with van der Waals surface area (Å²) in [6.45, 7) is 6.11. The molecule has 0 bridgehead atoms. The second-order valence-corrected chi connectivity index (χ2v) is 9.24. The zero-order valence-corrected chi connectivity index (χ0v) is 17.9. The molecule has 152 valence electrons. The average Bonchev–Trinajstić information content (AvgIpc) is 2.67. The van der Waals surface area contributed by atoms with Gasteiger partial charge in [-0.15, -0.1) is 0 Å². The second kappa shape index (κ2) is 8.53. The van der Waals surface area contributed by atoms with Crippen LogP contribution in [0.15, 0.2) is 35.2 Å². The highest BCUT2D eigenvalue weighted by atomic mass is 32.2. The van der Waals surface area contributed by atoms with Crippen LogP contribution in [0, 0.1) is 13.8 Å². The molecule has 28 heavy (non-hydrogen) atoms. The Bertz CT molecular complexity index is 953. The van der Waals surface area contributed by atoms with Gasteiger partial charge in [-0.2, -0.15) is 0 Å². The van der Waals surface area contributed by atoms with Crippen molar-refractivity contribution in [3.63, 3.8) is 0 Å². The van der Waals surface area contributed by atoms with Gasteiger partial charge >= 0.3 is 0 Å². The molecule has 5 nitrogen and oxygen atoms in total. The first kappa shape index (κ1) is 20.7. The third-order valence-corrected chi connectivity index (χ3v) is 6.86. The van der Waals surface area contributed by atoms with Crippen molar-refractivity contribution < 1.29 is 17.9 Å². The molecular formula is C22H29NO4S. The largest absolute Gasteiger partial charge is 0.495 e. The van der Waals surface area contributed by atoms with Crippen molar-refractivity contribution in [2.45, 2.75) is 57.4 Å². The summed E-state index contributed by atoms with van der Waals surface area (Å²) in [6, 6.07) is 9.12. The van der Waals surface area contributed by atoms with Crippen LogP contribution in [0.4, 0.5) is 0 Å². The third-order valence-electron chi connectivity index (χ3n) is 5.25. The van der Waals surface area contributed by atoms with Gasteiger partial charge in [0.05, 0.1) is 13.2 Å². The standard InChI is InChI=1S/C22H29NO4S/c1-15-9-10-20(11-16(15)2)27-14-17(3)23-28(24,25)22-13-19-8-6-5-7-18(19)12-21(22)26-4/h9-13,17,23H,5-8,14H2,1-4H3/t17-/m1/s1. The Balaban J connectivity index is 1.72. The van der Waals surface area contributed by atoms with E-state index in [1.165, 1.54) is 18.2 Å². The van der Waals surface area contributed by atoms with E-state index in [0.717, 1.165) is 42.6 Å². The highest BCUT2D eigenvalue weighted by molar-refractivity contribution is 7.89. The van der Waals surface area contributed by atoms with E-state index >= 15 is 0 Å². The van der Waals surface area contributed by atoms with Crippen LogP contribution in [0.5, 0.6) is 11.5 Å². The maximum Gasteiger partial charge on any atom is 0.244 e. The van der Waals surface area contributed by atoms with Gasteiger partial charge in [0, 0.05) is 0 Å². The van der Waals surface area contributed by atoms with Crippen molar-refractivity contribution >= 4 is 10.0 Å². The first-order chi connectivity index (χ1) is 13.3. The Kier molecular flexibility index (Phi) is 6.30. The van der Waals surface area contributed by atoms with Crippen molar-refractivity contribution in [3.8, 4) is 11.5 Å². The van der Waals surface area contributed by atoms with E-state index in [0.29, 0.717) is 5.75 Å². The number of fused-ring (bicyclic) bond motifs is 1. The molecule has 0 aromatic heterocycles. The van der Waals surface area contributed by atoms with Gasteiger partial charge < -0.3 is 9.47 Å². The van der Waals surface area contributed by atoms with Crippen molar-refractivity contribution in [1.82, 2.24) is 4.72 Å². The van der Waals surface area contributed by atoms with E-state index < -0.39 is 10.0 Å². The highest BCUT2D eigenvalue weighted by Gasteiger charge is 2.25. The number of benzene rings is 2. The van der Waals surface area contributed by atoms with E-state index in [1.54, 1.807) is 13.0 Å². The molecule has 0 heterocycles. The minimum absolute atomic E-state index is 0.202. The number of nitrogens with one attached hydrogen (secondary N) is 1. The fourth-order valence-electron chi connectivity index (χ4n) is 3.50. The molecule has 2 aromatic carbocycles.